The summed E-state index contributed by atoms with van der Waals surface area (Å²) in [6.07, 6.45) is 0. The molecule has 0 bridgehead atoms. The summed E-state index contributed by atoms with van der Waals surface area (Å²) < 4.78 is 5.29. The molecule has 230 valence electrons. The molecule has 0 aliphatic heterocycles. The van der Waals surface area contributed by atoms with Crippen molar-refractivity contribution in [1.82, 2.24) is 0 Å². The van der Waals surface area contributed by atoms with Gasteiger partial charge < -0.3 is 4.90 Å². The van der Waals surface area contributed by atoms with Crippen LogP contribution in [0.2, 0.25) is 0 Å². The summed E-state index contributed by atoms with van der Waals surface area (Å²) in [6, 6.07) is 64.3. The maximum absolute atomic E-state index is 2.45. The Kier molecular flexibility index (Phi) is 6.61. The van der Waals surface area contributed by atoms with Crippen LogP contribution in [0.1, 0.15) is 0 Å². The van der Waals surface area contributed by atoms with Crippen molar-refractivity contribution in [2.75, 3.05) is 4.90 Å². The molecule has 1 nitrogen and oxygen atoms in total. The second-order valence-electron chi connectivity index (χ2n) is 12.5. The van der Waals surface area contributed by atoms with Crippen molar-refractivity contribution < 1.29 is 0 Å². The molecule has 2 aromatic heterocycles. The molecule has 10 rings (SSSR count). The van der Waals surface area contributed by atoms with Gasteiger partial charge in [-0.05, 0) is 75.5 Å². The highest BCUT2D eigenvalue weighted by Gasteiger charge is 2.20. The SMILES string of the molecule is c1ccc(-c2ccc(N(c3cccc(-c4cccc5c4sc4ccccc45)c3)c3cccc4sc5c6ccccc6ccc5c34)cc2)cc1. The molecular weight excluding hydrogens is 631 g/mol. The summed E-state index contributed by atoms with van der Waals surface area (Å²) in [6.45, 7) is 0. The number of rotatable bonds is 5. The Bertz CT molecular complexity index is 2830. The number of hydrogen-bond donors (Lipinski definition) is 0. The van der Waals surface area contributed by atoms with Crippen molar-refractivity contribution in [1.29, 1.82) is 0 Å². The fraction of sp³-hybridized carbons (Fsp3) is 0. The van der Waals surface area contributed by atoms with Crippen LogP contribution in [0.15, 0.2) is 176 Å². The van der Waals surface area contributed by atoms with E-state index in [2.05, 4.69) is 181 Å². The van der Waals surface area contributed by atoms with Gasteiger partial charge in [-0.2, -0.15) is 0 Å². The monoisotopic (exact) mass is 659 g/mol. The van der Waals surface area contributed by atoms with Crippen LogP contribution in [0.4, 0.5) is 17.1 Å². The van der Waals surface area contributed by atoms with Gasteiger partial charge in [0.15, 0.2) is 0 Å². The molecule has 0 saturated heterocycles. The van der Waals surface area contributed by atoms with Crippen LogP contribution < -0.4 is 4.90 Å². The van der Waals surface area contributed by atoms with E-state index in [9.17, 15) is 0 Å². The highest BCUT2D eigenvalue weighted by Crippen LogP contribution is 2.48. The zero-order valence-electron chi connectivity index (χ0n) is 26.5. The van der Waals surface area contributed by atoms with Crippen LogP contribution in [0.25, 0.3) is 73.4 Å². The molecule has 0 saturated carbocycles. The van der Waals surface area contributed by atoms with Crippen molar-refractivity contribution in [3.05, 3.63) is 176 Å². The van der Waals surface area contributed by atoms with Gasteiger partial charge in [0.05, 0.1) is 5.69 Å². The Morgan fingerprint density at radius 2 is 1.04 bits per heavy atom. The van der Waals surface area contributed by atoms with Crippen molar-refractivity contribution in [2.45, 2.75) is 0 Å². The molecule has 0 fully saturated rings. The van der Waals surface area contributed by atoms with Crippen molar-refractivity contribution >= 4 is 90.9 Å². The van der Waals surface area contributed by atoms with Gasteiger partial charge in [-0.15, -0.1) is 22.7 Å². The Balaban J connectivity index is 1.20. The molecule has 3 heteroatoms. The smallest absolute Gasteiger partial charge is 0.0554 e. The quantitative estimate of drug-likeness (QED) is 0.178. The van der Waals surface area contributed by atoms with E-state index >= 15 is 0 Å². The average molecular weight is 660 g/mol. The van der Waals surface area contributed by atoms with E-state index in [-0.39, 0.29) is 0 Å². The third kappa shape index (κ3) is 4.66. The largest absolute Gasteiger partial charge is 0.310 e. The van der Waals surface area contributed by atoms with Gasteiger partial charge in [-0.3, -0.25) is 0 Å². The molecule has 0 radical (unpaired) electrons. The van der Waals surface area contributed by atoms with Gasteiger partial charge in [0.2, 0.25) is 0 Å². The van der Waals surface area contributed by atoms with E-state index in [1.54, 1.807) is 0 Å². The second-order valence-corrected chi connectivity index (χ2v) is 14.6. The van der Waals surface area contributed by atoms with Crippen LogP contribution in [0.3, 0.4) is 0 Å². The minimum atomic E-state index is 1.13. The molecule has 0 unspecified atom stereocenters. The van der Waals surface area contributed by atoms with Crippen LogP contribution in [0.5, 0.6) is 0 Å². The summed E-state index contributed by atoms with van der Waals surface area (Å²) in [5, 5.41) is 7.82. The predicted octanol–water partition coefficient (Wildman–Crippen LogP) is 14.4. The topological polar surface area (TPSA) is 3.24 Å². The minimum absolute atomic E-state index is 1.13. The molecule has 0 spiro atoms. The van der Waals surface area contributed by atoms with Crippen LogP contribution >= 0.6 is 22.7 Å². The van der Waals surface area contributed by atoms with E-state index in [0.717, 1.165) is 11.4 Å². The summed E-state index contributed by atoms with van der Waals surface area (Å²) in [5.74, 6) is 0. The minimum Gasteiger partial charge on any atom is -0.310 e. The molecule has 2 heterocycles. The molecular formula is C46H29NS2. The van der Waals surface area contributed by atoms with E-state index < -0.39 is 0 Å². The fourth-order valence-electron chi connectivity index (χ4n) is 7.37. The molecule has 0 aliphatic rings. The second kappa shape index (κ2) is 11.5. The lowest BCUT2D eigenvalue weighted by Crippen LogP contribution is -2.10. The number of fused-ring (bicyclic) bond motifs is 8. The van der Waals surface area contributed by atoms with Crippen LogP contribution in [-0.2, 0) is 0 Å². The standard InChI is InChI=1S/C46H29NS2/c1-2-11-30(12-3-1)31-23-26-34(27-24-31)47(41-20-10-22-43-44(41)40-28-25-32-13-4-5-16-36(32)46(40)49-43)35-15-8-14-33(29-35)37-18-9-19-39-38-17-6-7-21-42(38)48-45(37)39/h1-29H. The van der Waals surface area contributed by atoms with Crippen molar-refractivity contribution in [3.63, 3.8) is 0 Å². The first-order valence-electron chi connectivity index (χ1n) is 16.6. The Hall–Kier alpha value is -5.74. The molecule has 49 heavy (non-hydrogen) atoms. The van der Waals surface area contributed by atoms with Gasteiger partial charge in [-0.25, -0.2) is 0 Å². The van der Waals surface area contributed by atoms with Gasteiger partial charge >= 0.3 is 0 Å². The third-order valence-electron chi connectivity index (χ3n) is 9.66. The number of thiophene rings is 2. The van der Waals surface area contributed by atoms with Gasteiger partial charge in [0.1, 0.15) is 0 Å². The molecule has 0 atom stereocenters. The van der Waals surface area contributed by atoms with Crippen molar-refractivity contribution in [3.8, 4) is 22.3 Å². The lowest BCUT2D eigenvalue weighted by molar-refractivity contribution is 1.30. The highest BCUT2D eigenvalue weighted by atomic mass is 32.1. The summed E-state index contributed by atoms with van der Waals surface area (Å²) in [7, 11) is 0. The summed E-state index contributed by atoms with van der Waals surface area (Å²) in [5.41, 5.74) is 8.36. The van der Waals surface area contributed by atoms with Gasteiger partial charge in [-0.1, -0.05) is 133 Å². The Morgan fingerprint density at radius 3 is 1.94 bits per heavy atom. The Morgan fingerprint density at radius 1 is 0.367 bits per heavy atom. The maximum atomic E-state index is 2.45. The molecule has 0 amide bonds. The zero-order chi connectivity index (χ0) is 32.3. The van der Waals surface area contributed by atoms with Crippen LogP contribution in [0, 0.1) is 0 Å². The molecule has 8 aromatic carbocycles. The first-order chi connectivity index (χ1) is 24.3. The van der Waals surface area contributed by atoms with Gasteiger partial charge in [0.25, 0.3) is 0 Å². The normalized spacial score (nSPS) is 11.7. The lowest BCUT2D eigenvalue weighted by Gasteiger charge is -2.27. The van der Waals surface area contributed by atoms with Crippen LogP contribution in [-0.4, -0.2) is 0 Å². The summed E-state index contributed by atoms with van der Waals surface area (Å²) >= 11 is 3.77. The highest BCUT2D eigenvalue weighted by molar-refractivity contribution is 7.27. The molecule has 10 aromatic rings. The van der Waals surface area contributed by atoms with E-state index in [1.165, 1.54) is 79.1 Å². The predicted molar refractivity (Wildman–Crippen MR) is 215 cm³/mol. The van der Waals surface area contributed by atoms with E-state index in [0.29, 0.717) is 0 Å². The van der Waals surface area contributed by atoms with E-state index in [1.807, 2.05) is 22.7 Å². The van der Waals surface area contributed by atoms with E-state index in [4.69, 9.17) is 0 Å². The first-order valence-corrected chi connectivity index (χ1v) is 18.2. The number of anilines is 3. The average Bonchev–Trinajstić information content (AvgIpc) is 3.75. The number of hydrogen-bond acceptors (Lipinski definition) is 3. The molecule has 0 N–H and O–H groups in total. The number of benzene rings is 8. The third-order valence-corrected chi connectivity index (χ3v) is 12.1. The molecule has 0 aliphatic carbocycles. The van der Waals surface area contributed by atoms with Gasteiger partial charge in [0, 0.05) is 51.7 Å². The maximum Gasteiger partial charge on any atom is 0.0554 e. The first kappa shape index (κ1) is 28.3. The summed E-state index contributed by atoms with van der Waals surface area (Å²) in [4.78, 5) is 2.45. The van der Waals surface area contributed by atoms with Crippen molar-refractivity contribution in [2.24, 2.45) is 0 Å². The fourth-order valence-corrected chi connectivity index (χ4v) is 9.87. The lowest BCUT2D eigenvalue weighted by atomic mass is 10.0. The number of nitrogens with zero attached hydrogens (tertiary/aromatic N) is 1. The zero-order valence-corrected chi connectivity index (χ0v) is 28.1. The Labute approximate surface area is 292 Å².